The van der Waals surface area contributed by atoms with E-state index in [1.165, 1.54) is 95.2 Å². The lowest BCUT2D eigenvalue weighted by Crippen LogP contribution is -2.22. The monoisotopic (exact) mass is 342 g/mol. The summed E-state index contributed by atoms with van der Waals surface area (Å²) in [5.74, 6) is 0. The van der Waals surface area contributed by atoms with Crippen molar-refractivity contribution in [3.63, 3.8) is 0 Å². The molecule has 138 valence electrons. The standard InChI is InChI=1S/C16H33.2C2H5O.Al/c1-3-5-7-9-11-13-15-16-14-12-10-8-6-4-2;2*1-2-3;/h1,3-16H2,2H3;2*2H2,1H3;/q;2*-1;+2. The normalized spacial score (nSPS) is 11.1. The molecule has 0 aliphatic heterocycles. The maximum atomic E-state index is 5.71. The SMILES string of the molecule is CCCCCCCCCCCCCCC[CH2][Al]([O]CC)[O]CC. The molecule has 0 radical (unpaired) electrons. The summed E-state index contributed by atoms with van der Waals surface area (Å²) >= 11 is -1.32. The second-order valence-corrected chi connectivity index (χ2v) is 8.83. The van der Waals surface area contributed by atoms with Gasteiger partial charge in [0, 0.05) is 13.2 Å². The van der Waals surface area contributed by atoms with Crippen LogP contribution in [0.1, 0.15) is 111 Å². The minimum Gasteiger partial charge on any atom is -0.479 e. The molecule has 0 rings (SSSR count). The fourth-order valence-electron chi connectivity index (χ4n) is 3.09. The van der Waals surface area contributed by atoms with Crippen molar-refractivity contribution in [3.8, 4) is 0 Å². The van der Waals surface area contributed by atoms with Gasteiger partial charge in [-0.15, -0.1) is 0 Å². The Bertz CT molecular complexity index is 206. The third kappa shape index (κ3) is 18.6. The molecule has 0 atom stereocenters. The zero-order valence-electron chi connectivity index (χ0n) is 16.4. The van der Waals surface area contributed by atoms with Crippen LogP contribution in [0.2, 0.25) is 5.28 Å². The van der Waals surface area contributed by atoms with Gasteiger partial charge < -0.3 is 7.58 Å². The van der Waals surface area contributed by atoms with E-state index in [1.807, 2.05) is 0 Å². The largest absolute Gasteiger partial charge is 0.674 e. The van der Waals surface area contributed by atoms with Crippen LogP contribution in [0.5, 0.6) is 0 Å². The van der Waals surface area contributed by atoms with Gasteiger partial charge in [-0.05, 0) is 19.1 Å². The molecule has 0 bridgehead atoms. The Morgan fingerprint density at radius 1 is 0.478 bits per heavy atom. The van der Waals surface area contributed by atoms with Crippen molar-refractivity contribution in [2.24, 2.45) is 0 Å². The summed E-state index contributed by atoms with van der Waals surface area (Å²) < 4.78 is 11.4. The van der Waals surface area contributed by atoms with E-state index >= 15 is 0 Å². The van der Waals surface area contributed by atoms with Crippen LogP contribution in [-0.4, -0.2) is 28.0 Å². The van der Waals surface area contributed by atoms with Crippen LogP contribution < -0.4 is 0 Å². The minimum atomic E-state index is -1.32. The number of unbranched alkanes of at least 4 members (excludes halogenated alkanes) is 13. The highest BCUT2D eigenvalue weighted by Crippen LogP contribution is 2.14. The fraction of sp³-hybridized carbons (Fsp3) is 1.00. The molecule has 0 aromatic carbocycles. The van der Waals surface area contributed by atoms with Crippen LogP contribution in [0.25, 0.3) is 0 Å². The Hall–Kier alpha value is 0.452. The first-order valence-electron chi connectivity index (χ1n) is 10.6. The van der Waals surface area contributed by atoms with Crippen LogP contribution in [0, 0.1) is 0 Å². The van der Waals surface area contributed by atoms with Crippen LogP contribution in [0.15, 0.2) is 0 Å². The molecule has 0 aliphatic rings. The highest BCUT2D eigenvalue weighted by molar-refractivity contribution is 6.44. The highest BCUT2D eigenvalue weighted by Gasteiger charge is 2.22. The number of rotatable bonds is 19. The molecule has 0 amide bonds. The molecule has 0 saturated carbocycles. The predicted molar refractivity (Wildman–Crippen MR) is 104 cm³/mol. The van der Waals surface area contributed by atoms with Gasteiger partial charge in [-0.1, -0.05) is 96.8 Å². The summed E-state index contributed by atoms with van der Waals surface area (Å²) in [7, 11) is 0. The van der Waals surface area contributed by atoms with Gasteiger partial charge in [-0.3, -0.25) is 0 Å². The van der Waals surface area contributed by atoms with Gasteiger partial charge >= 0.3 is 14.8 Å². The first-order chi connectivity index (χ1) is 11.3. The topological polar surface area (TPSA) is 18.5 Å². The second kappa shape index (κ2) is 20.5. The lowest BCUT2D eigenvalue weighted by Gasteiger charge is -2.10. The predicted octanol–water partition coefficient (Wildman–Crippen LogP) is 7.03. The van der Waals surface area contributed by atoms with Crippen molar-refractivity contribution in [1.29, 1.82) is 0 Å². The number of hydrogen-bond donors (Lipinski definition) is 0. The maximum absolute atomic E-state index is 5.71. The van der Waals surface area contributed by atoms with Gasteiger partial charge in [-0.25, -0.2) is 0 Å². The molecule has 0 N–H and O–H groups in total. The van der Waals surface area contributed by atoms with Crippen molar-refractivity contribution in [2.75, 3.05) is 13.2 Å². The number of hydrogen-bond acceptors (Lipinski definition) is 2. The molecular weight excluding hydrogens is 299 g/mol. The van der Waals surface area contributed by atoms with E-state index in [-0.39, 0.29) is 0 Å². The van der Waals surface area contributed by atoms with Gasteiger partial charge in [0.25, 0.3) is 0 Å². The molecule has 3 heteroatoms. The smallest absolute Gasteiger partial charge is 0.479 e. The fourth-order valence-corrected chi connectivity index (χ4v) is 4.89. The minimum absolute atomic E-state index is 0.815. The van der Waals surface area contributed by atoms with Crippen LogP contribution >= 0.6 is 0 Å². The molecule has 2 nitrogen and oxygen atoms in total. The zero-order chi connectivity index (χ0) is 17.0. The van der Waals surface area contributed by atoms with Crippen LogP contribution in [0.3, 0.4) is 0 Å². The van der Waals surface area contributed by atoms with Gasteiger partial charge in [0.15, 0.2) is 0 Å². The third-order valence-electron chi connectivity index (χ3n) is 4.50. The molecular formula is C20H43AlO2. The molecule has 23 heavy (non-hydrogen) atoms. The van der Waals surface area contributed by atoms with E-state index in [0.717, 1.165) is 13.2 Å². The molecule has 0 aromatic heterocycles. The van der Waals surface area contributed by atoms with Gasteiger partial charge in [-0.2, -0.15) is 0 Å². The van der Waals surface area contributed by atoms with E-state index in [4.69, 9.17) is 7.58 Å². The zero-order valence-corrected chi connectivity index (χ0v) is 17.6. The molecule has 0 fully saturated rings. The summed E-state index contributed by atoms with van der Waals surface area (Å²) in [5.41, 5.74) is 0. The van der Waals surface area contributed by atoms with E-state index in [2.05, 4.69) is 20.8 Å². The van der Waals surface area contributed by atoms with Gasteiger partial charge in [0.05, 0.1) is 0 Å². The van der Waals surface area contributed by atoms with Crippen molar-refractivity contribution < 1.29 is 7.58 Å². The van der Waals surface area contributed by atoms with Crippen molar-refractivity contribution in [1.82, 2.24) is 0 Å². The van der Waals surface area contributed by atoms with E-state index in [1.54, 1.807) is 0 Å². The first-order valence-corrected chi connectivity index (χ1v) is 12.3. The van der Waals surface area contributed by atoms with E-state index < -0.39 is 14.8 Å². The van der Waals surface area contributed by atoms with E-state index in [9.17, 15) is 0 Å². The Kier molecular flexibility index (Phi) is 20.9. The quantitative estimate of drug-likeness (QED) is 0.185. The van der Waals surface area contributed by atoms with Crippen molar-refractivity contribution in [2.45, 2.75) is 116 Å². The van der Waals surface area contributed by atoms with Crippen LogP contribution in [0.4, 0.5) is 0 Å². The Morgan fingerprint density at radius 2 is 0.826 bits per heavy atom. The Morgan fingerprint density at radius 3 is 1.17 bits per heavy atom. The lowest BCUT2D eigenvalue weighted by atomic mass is 10.0. The van der Waals surface area contributed by atoms with E-state index in [0.29, 0.717) is 0 Å². The summed E-state index contributed by atoms with van der Waals surface area (Å²) in [6, 6.07) is 0. The Labute approximate surface area is 151 Å². The lowest BCUT2D eigenvalue weighted by molar-refractivity contribution is 0.212. The van der Waals surface area contributed by atoms with Gasteiger partial charge in [0.1, 0.15) is 0 Å². The Balaban J connectivity index is 3.15. The average molecular weight is 343 g/mol. The highest BCUT2D eigenvalue weighted by atomic mass is 27.2. The molecule has 0 saturated heterocycles. The summed E-state index contributed by atoms with van der Waals surface area (Å²) in [6.07, 6.45) is 19.9. The third-order valence-corrected chi connectivity index (χ3v) is 6.79. The summed E-state index contributed by atoms with van der Waals surface area (Å²) in [4.78, 5) is 0. The maximum Gasteiger partial charge on any atom is 0.674 e. The molecule has 0 unspecified atom stereocenters. The van der Waals surface area contributed by atoms with Gasteiger partial charge in [0.2, 0.25) is 0 Å². The first kappa shape index (κ1) is 23.5. The summed E-state index contributed by atoms with van der Waals surface area (Å²) in [5, 5.41) is 1.19. The molecule has 0 aromatic rings. The van der Waals surface area contributed by atoms with Crippen LogP contribution in [-0.2, 0) is 7.58 Å². The summed E-state index contributed by atoms with van der Waals surface area (Å²) in [6.45, 7) is 8.07. The molecule has 0 spiro atoms. The van der Waals surface area contributed by atoms with Crippen molar-refractivity contribution in [3.05, 3.63) is 0 Å². The average Bonchev–Trinajstić information content (AvgIpc) is 2.55. The molecule has 0 heterocycles. The molecule has 0 aliphatic carbocycles. The second-order valence-electron chi connectivity index (χ2n) is 6.73. The van der Waals surface area contributed by atoms with Crippen molar-refractivity contribution >= 4 is 14.8 Å².